The van der Waals surface area contributed by atoms with Crippen molar-refractivity contribution < 1.29 is 19.4 Å². The summed E-state index contributed by atoms with van der Waals surface area (Å²) in [6, 6.07) is 12.7. The summed E-state index contributed by atoms with van der Waals surface area (Å²) in [4.78, 5) is 12.1. The second-order valence-electron chi connectivity index (χ2n) is 4.28. The van der Waals surface area contributed by atoms with E-state index in [1.165, 1.54) is 11.8 Å². The number of methoxy groups -OCH3 is 1. The second-order valence-corrected chi connectivity index (χ2v) is 5.13. The van der Waals surface area contributed by atoms with Crippen molar-refractivity contribution >= 4 is 17.7 Å². The van der Waals surface area contributed by atoms with Gasteiger partial charge in [-0.2, -0.15) is 0 Å². The molecule has 0 saturated carbocycles. The molecule has 4 nitrogen and oxygen atoms in total. The molecule has 2 aromatic carbocycles. The summed E-state index contributed by atoms with van der Waals surface area (Å²) in [5.41, 5.74) is 1.12. The maximum Gasteiger partial charge on any atom is 0.340 e. The molecule has 0 aliphatic rings. The summed E-state index contributed by atoms with van der Waals surface area (Å²) in [6.07, 6.45) is 1.84. The van der Waals surface area contributed by atoms with Crippen LogP contribution in [-0.2, 0) is 6.61 Å². The van der Waals surface area contributed by atoms with E-state index < -0.39 is 5.97 Å². The van der Waals surface area contributed by atoms with Crippen molar-refractivity contribution in [2.45, 2.75) is 11.5 Å². The molecule has 110 valence electrons. The average molecular weight is 304 g/mol. The molecule has 0 aromatic heterocycles. The van der Waals surface area contributed by atoms with Crippen LogP contribution >= 0.6 is 11.8 Å². The fourth-order valence-electron chi connectivity index (χ4n) is 1.94. The first-order valence-electron chi connectivity index (χ1n) is 6.31. The number of rotatable bonds is 6. The molecule has 2 rings (SSSR count). The van der Waals surface area contributed by atoms with E-state index in [2.05, 4.69) is 0 Å². The van der Waals surface area contributed by atoms with Gasteiger partial charge in [0.1, 0.15) is 23.7 Å². The fraction of sp³-hybridized carbons (Fsp3) is 0.188. The molecule has 0 aliphatic carbocycles. The Hall–Kier alpha value is -2.14. The van der Waals surface area contributed by atoms with Gasteiger partial charge in [0.05, 0.1) is 7.11 Å². The third kappa shape index (κ3) is 3.70. The molecule has 0 aliphatic heterocycles. The lowest BCUT2D eigenvalue weighted by Gasteiger charge is -2.12. The number of thioether (sulfide) groups is 1. The number of hydrogen-bond acceptors (Lipinski definition) is 4. The number of aromatic carboxylic acids is 1. The summed E-state index contributed by atoms with van der Waals surface area (Å²) in [7, 11) is 1.60. The molecule has 0 saturated heterocycles. The number of benzene rings is 2. The van der Waals surface area contributed by atoms with Gasteiger partial charge in [0.15, 0.2) is 0 Å². The highest BCUT2D eigenvalue weighted by Gasteiger charge is 2.16. The van der Waals surface area contributed by atoms with E-state index in [1.54, 1.807) is 25.3 Å². The van der Waals surface area contributed by atoms with Crippen LogP contribution in [0.5, 0.6) is 11.5 Å². The van der Waals surface area contributed by atoms with Crippen molar-refractivity contribution in [3.05, 3.63) is 53.6 Å². The molecule has 5 heteroatoms. The highest BCUT2D eigenvalue weighted by molar-refractivity contribution is 7.98. The van der Waals surface area contributed by atoms with Crippen LogP contribution in [-0.4, -0.2) is 24.4 Å². The molecule has 0 atom stereocenters. The van der Waals surface area contributed by atoms with Gasteiger partial charge in [-0.3, -0.25) is 0 Å². The number of carboxylic acids is 1. The fourth-order valence-corrected chi connectivity index (χ4v) is 2.54. The summed E-state index contributed by atoms with van der Waals surface area (Å²) in [6.45, 7) is 0.287. The Balaban J connectivity index is 2.21. The lowest BCUT2D eigenvalue weighted by atomic mass is 10.2. The Morgan fingerprint density at radius 1 is 1.24 bits per heavy atom. The molecule has 0 heterocycles. The lowest BCUT2D eigenvalue weighted by molar-refractivity contribution is 0.0687. The van der Waals surface area contributed by atoms with Gasteiger partial charge in [-0.1, -0.05) is 18.2 Å². The molecule has 2 aromatic rings. The van der Waals surface area contributed by atoms with Crippen LogP contribution in [0.4, 0.5) is 0 Å². The number of hydrogen-bond donors (Lipinski definition) is 1. The first-order valence-corrected chi connectivity index (χ1v) is 7.54. The number of ether oxygens (including phenoxy) is 2. The minimum Gasteiger partial charge on any atom is -0.497 e. The van der Waals surface area contributed by atoms with Gasteiger partial charge in [0, 0.05) is 4.90 Å². The second kappa shape index (κ2) is 7.04. The third-order valence-corrected chi connectivity index (χ3v) is 3.73. The molecule has 0 unspecified atom stereocenters. The van der Waals surface area contributed by atoms with Crippen LogP contribution in [0.25, 0.3) is 0 Å². The number of carbonyl (C=O) groups is 1. The van der Waals surface area contributed by atoms with Crippen molar-refractivity contribution in [2.75, 3.05) is 13.4 Å². The van der Waals surface area contributed by atoms with Crippen molar-refractivity contribution in [3.63, 3.8) is 0 Å². The van der Waals surface area contributed by atoms with Crippen LogP contribution in [0.1, 0.15) is 15.9 Å². The predicted octanol–water partition coefficient (Wildman–Crippen LogP) is 3.69. The zero-order valence-corrected chi connectivity index (χ0v) is 12.6. The number of carboxylic acid groups (broad SMARTS) is 1. The van der Waals surface area contributed by atoms with Crippen LogP contribution < -0.4 is 9.47 Å². The van der Waals surface area contributed by atoms with E-state index in [4.69, 9.17) is 9.47 Å². The van der Waals surface area contributed by atoms with E-state index in [9.17, 15) is 9.90 Å². The third-order valence-electron chi connectivity index (χ3n) is 2.95. The molecule has 0 fully saturated rings. The Morgan fingerprint density at radius 2 is 2.00 bits per heavy atom. The Labute approximate surface area is 127 Å². The van der Waals surface area contributed by atoms with Gasteiger partial charge in [-0.15, -0.1) is 11.8 Å². The summed E-state index contributed by atoms with van der Waals surface area (Å²) in [5, 5.41) is 9.34. The van der Waals surface area contributed by atoms with Crippen molar-refractivity contribution in [1.82, 2.24) is 0 Å². The molecule has 0 amide bonds. The molecule has 0 radical (unpaired) electrons. The Morgan fingerprint density at radius 3 is 2.67 bits per heavy atom. The van der Waals surface area contributed by atoms with Gasteiger partial charge in [-0.05, 0) is 36.1 Å². The minimum absolute atomic E-state index is 0.202. The van der Waals surface area contributed by atoms with Gasteiger partial charge >= 0.3 is 5.97 Å². The molecule has 21 heavy (non-hydrogen) atoms. The van der Waals surface area contributed by atoms with Crippen molar-refractivity contribution in [3.8, 4) is 11.5 Å². The Bertz CT molecular complexity index is 640. The van der Waals surface area contributed by atoms with E-state index in [1.807, 2.05) is 30.5 Å². The van der Waals surface area contributed by atoms with E-state index in [0.29, 0.717) is 10.6 Å². The van der Waals surface area contributed by atoms with Crippen LogP contribution in [0, 0.1) is 0 Å². The Kier molecular flexibility index (Phi) is 5.11. The average Bonchev–Trinajstić information content (AvgIpc) is 2.52. The van der Waals surface area contributed by atoms with Crippen molar-refractivity contribution in [2.24, 2.45) is 0 Å². The summed E-state index contributed by atoms with van der Waals surface area (Å²) >= 11 is 1.38. The zero-order chi connectivity index (χ0) is 15.2. The smallest absolute Gasteiger partial charge is 0.340 e. The monoisotopic (exact) mass is 304 g/mol. The normalized spacial score (nSPS) is 10.2. The topological polar surface area (TPSA) is 55.8 Å². The minimum atomic E-state index is -0.986. The van der Waals surface area contributed by atoms with Gasteiger partial charge in [0.25, 0.3) is 0 Å². The highest BCUT2D eigenvalue weighted by atomic mass is 32.2. The molecule has 0 bridgehead atoms. The lowest BCUT2D eigenvalue weighted by Crippen LogP contribution is -2.05. The quantitative estimate of drug-likeness (QED) is 0.825. The van der Waals surface area contributed by atoms with E-state index >= 15 is 0 Å². The zero-order valence-electron chi connectivity index (χ0n) is 11.8. The van der Waals surface area contributed by atoms with E-state index in [0.717, 1.165) is 11.3 Å². The molecule has 0 spiro atoms. The van der Waals surface area contributed by atoms with Gasteiger partial charge in [0.2, 0.25) is 0 Å². The molecule has 1 N–H and O–H groups in total. The summed E-state index contributed by atoms with van der Waals surface area (Å²) in [5.74, 6) is 0.130. The first-order chi connectivity index (χ1) is 10.2. The van der Waals surface area contributed by atoms with Gasteiger partial charge in [-0.25, -0.2) is 4.79 Å². The molecular formula is C16H16O4S. The maximum atomic E-state index is 11.4. The van der Waals surface area contributed by atoms with Crippen LogP contribution in [0.3, 0.4) is 0 Å². The largest absolute Gasteiger partial charge is 0.497 e. The SMILES string of the molecule is COc1cccc(COc2cccc(SC)c2C(=O)O)c1. The first kappa shape index (κ1) is 15.3. The van der Waals surface area contributed by atoms with Crippen LogP contribution in [0.2, 0.25) is 0 Å². The standard InChI is InChI=1S/C16H16O4S/c1-19-12-6-3-5-11(9-12)10-20-13-7-4-8-14(21-2)15(13)16(17)18/h3-9H,10H2,1-2H3,(H,17,18). The highest BCUT2D eigenvalue weighted by Crippen LogP contribution is 2.29. The summed E-state index contributed by atoms with van der Waals surface area (Å²) < 4.78 is 10.8. The van der Waals surface area contributed by atoms with Crippen molar-refractivity contribution in [1.29, 1.82) is 0 Å². The molecular weight excluding hydrogens is 288 g/mol. The van der Waals surface area contributed by atoms with Crippen LogP contribution in [0.15, 0.2) is 47.4 Å². The predicted molar refractivity (Wildman–Crippen MR) is 82.5 cm³/mol. The maximum absolute atomic E-state index is 11.4. The van der Waals surface area contributed by atoms with E-state index in [-0.39, 0.29) is 12.2 Å². The van der Waals surface area contributed by atoms with Gasteiger partial charge < -0.3 is 14.6 Å².